The van der Waals surface area contributed by atoms with E-state index in [1.165, 1.54) is 6.42 Å². The van der Waals surface area contributed by atoms with Gasteiger partial charge in [0.2, 0.25) is 5.91 Å². The van der Waals surface area contributed by atoms with Crippen molar-refractivity contribution in [3.8, 4) is 0 Å². The van der Waals surface area contributed by atoms with Gasteiger partial charge in [-0.3, -0.25) is 4.79 Å². The molecule has 3 aliphatic rings. The lowest BCUT2D eigenvalue weighted by Crippen LogP contribution is -2.41. The van der Waals surface area contributed by atoms with Gasteiger partial charge in [-0.2, -0.15) is 0 Å². The van der Waals surface area contributed by atoms with Crippen LogP contribution in [0.3, 0.4) is 0 Å². The van der Waals surface area contributed by atoms with Crippen LogP contribution in [0.1, 0.15) is 32.1 Å². The molecule has 0 aromatic heterocycles. The summed E-state index contributed by atoms with van der Waals surface area (Å²) in [5, 5.41) is 0. The maximum Gasteiger partial charge on any atom is 0.225 e. The molecule has 1 aliphatic carbocycles. The fourth-order valence-electron chi connectivity index (χ4n) is 3.36. The van der Waals surface area contributed by atoms with Crippen molar-refractivity contribution in [2.75, 3.05) is 52.5 Å². The number of carbonyl (C=O) groups is 1. The number of hydrogen-bond acceptors (Lipinski definition) is 4. The van der Waals surface area contributed by atoms with E-state index in [0.717, 1.165) is 78.2 Å². The van der Waals surface area contributed by atoms with E-state index in [9.17, 15) is 4.79 Å². The van der Waals surface area contributed by atoms with Gasteiger partial charge in [-0.05, 0) is 32.2 Å². The molecule has 2 saturated heterocycles. The molecule has 3 fully saturated rings. The minimum atomic E-state index is 0.259. The summed E-state index contributed by atoms with van der Waals surface area (Å²) in [4.78, 5) is 16.9. The molecule has 120 valence electrons. The molecule has 5 heteroatoms. The Balaban J connectivity index is 1.39. The Bertz CT molecular complexity index is 340. The van der Waals surface area contributed by atoms with Gasteiger partial charge in [-0.15, -0.1) is 0 Å². The predicted molar refractivity (Wildman–Crippen MR) is 80.2 cm³/mol. The Morgan fingerprint density at radius 2 is 1.95 bits per heavy atom. The van der Waals surface area contributed by atoms with E-state index in [2.05, 4.69) is 9.80 Å². The highest BCUT2D eigenvalue weighted by atomic mass is 16.6. The summed E-state index contributed by atoms with van der Waals surface area (Å²) in [5.74, 6) is 0.747. The van der Waals surface area contributed by atoms with Gasteiger partial charge in [0.25, 0.3) is 0 Å². The molecule has 0 aromatic rings. The van der Waals surface area contributed by atoms with Crippen molar-refractivity contribution in [1.82, 2.24) is 9.80 Å². The van der Waals surface area contributed by atoms with Crippen molar-refractivity contribution in [2.45, 2.75) is 38.2 Å². The van der Waals surface area contributed by atoms with E-state index in [0.29, 0.717) is 11.8 Å². The van der Waals surface area contributed by atoms with Crippen LogP contribution in [0.5, 0.6) is 0 Å². The third-order valence-corrected chi connectivity index (χ3v) is 5.01. The average Bonchev–Trinajstić information content (AvgIpc) is 2.70. The van der Waals surface area contributed by atoms with Crippen LogP contribution in [-0.2, 0) is 14.3 Å². The highest BCUT2D eigenvalue weighted by Gasteiger charge is 2.30. The first-order valence-corrected chi connectivity index (χ1v) is 8.53. The summed E-state index contributed by atoms with van der Waals surface area (Å²) >= 11 is 0. The number of rotatable bonds is 4. The number of nitrogens with zero attached hydrogens (tertiary/aromatic N) is 2. The molecule has 3 rings (SSSR count). The summed E-state index contributed by atoms with van der Waals surface area (Å²) in [5.41, 5.74) is 0. The Morgan fingerprint density at radius 3 is 2.67 bits per heavy atom. The van der Waals surface area contributed by atoms with Gasteiger partial charge in [-0.1, -0.05) is 6.42 Å². The normalized spacial score (nSPS) is 29.0. The maximum atomic E-state index is 12.3. The van der Waals surface area contributed by atoms with Gasteiger partial charge in [0.05, 0.1) is 25.9 Å². The van der Waals surface area contributed by atoms with Crippen molar-refractivity contribution < 1.29 is 14.3 Å². The third-order valence-electron chi connectivity index (χ3n) is 5.01. The number of amides is 1. The van der Waals surface area contributed by atoms with Crippen molar-refractivity contribution >= 4 is 5.91 Å². The summed E-state index contributed by atoms with van der Waals surface area (Å²) in [7, 11) is 0. The Kier molecular flexibility index (Phi) is 5.49. The van der Waals surface area contributed by atoms with Gasteiger partial charge in [0.1, 0.15) is 0 Å². The summed E-state index contributed by atoms with van der Waals surface area (Å²) in [6.45, 7) is 7.20. The first kappa shape index (κ1) is 15.3. The topological polar surface area (TPSA) is 42.0 Å². The first-order valence-electron chi connectivity index (χ1n) is 8.53. The van der Waals surface area contributed by atoms with Gasteiger partial charge in [0, 0.05) is 32.1 Å². The molecular weight excluding hydrogens is 268 g/mol. The van der Waals surface area contributed by atoms with Gasteiger partial charge in [-0.25, -0.2) is 0 Å². The quantitative estimate of drug-likeness (QED) is 0.780. The van der Waals surface area contributed by atoms with Crippen LogP contribution in [0.2, 0.25) is 0 Å². The SMILES string of the molecule is O=C(C1CCC1)N1CCCN(CCC2COCCO2)CC1. The van der Waals surface area contributed by atoms with Crippen molar-refractivity contribution in [2.24, 2.45) is 5.92 Å². The van der Waals surface area contributed by atoms with Crippen LogP contribution < -0.4 is 0 Å². The molecule has 1 unspecified atom stereocenters. The highest BCUT2D eigenvalue weighted by molar-refractivity contribution is 5.79. The van der Waals surface area contributed by atoms with E-state index in [-0.39, 0.29) is 6.10 Å². The van der Waals surface area contributed by atoms with E-state index in [4.69, 9.17) is 9.47 Å². The summed E-state index contributed by atoms with van der Waals surface area (Å²) < 4.78 is 11.1. The number of carbonyl (C=O) groups excluding carboxylic acids is 1. The smallest absolute Gasteiger partial charge is 0.225 e. The average molecular weight is 296 g/mol. The minimum absolute atomic E-state index is 0.259. The Morgan fingerprint density at radius 1 is 1.05 bits per heavy atom. The largest absolute Gasteiger partial charge is 0.376 e. The Hall–Kier alpha value is -0.650. The van der Waals surface area contributed by atoms with Crippen LogP contribution in [0.4, 0.5) is 0 Å². The van der Waals surface area contributed by atoms with Gasteiger partial charge < -0.3 is 19.3 Å². The third kappa shape index (κ3) is 4.18. The lowest BCUT2D eigenvalue weighted by Gasteiger charge is -2.31. The molecule has 1 atom stereocenters. The van der Waals surface area contributed by atoms with Crippen LogP contribution in [0.15, 0.2) is 0 Å². The second-order valence-corrected chi connectivity index (χ2v) is 6.50. The molecule has 21 heavy (non-hydrogen) atoms. The van der Waals surface area contributed by atoms with Crippen LogP contribution in [0, 0.1) is 5.92 Å². The second kappa shape index (κ2) is 7.56. The zero-order chi connectivity index (χ0) is 14.5. The first-order chi connectivity index (χ1) is 10.3. The van der Waals surface area contributed by atoms with Gasteiger partial charge in [0.15, 0.2) is 0 Å². The van der Waals surface area contributed by atoms with E-state index < -0.39 is 0 Å². The van der Waals surface area contributed by atoms with E-state index in [1.54, 1.807) is 0 Å². The van der Waals surface area contributed by atoms with Gasteiger partial charge >= 0.3 is 0 Å². The molecule has 2 aliphatic heterocycles. The molecule has 1 amide bonds. The lowest BCUT2D eigenvalue weighted by molar-refractivity contribution is -0.138. The lowest BCUT2D eigenvalue weighted by atomic mass is 9.84. The molecule has 0 radical (unpaired) electrons. The Labute approximate surface area is 127 Å². The molecule has 5 nitrogen and oxygen atoms in total. The number of hydrogen-bond donors (Lipinski definition) is 0. The minimum Gasteiger partial charge on any atom is -0.376 e. The zero-order valence-electron chi connectivity index (χ0n) is 13.0. The highest BCUT2D eigenvalue weighted by Crippen LogP contribution is 2.28. The summed E-state index contributed by atoms with van der Waals surface area (Å²) in [6.07, 6.45) is 5.85. The maximum absolute atomic E-state index is 12.3. The van der Waals surface area contributed by atoms with Crippen molar-refractivity contribution in [3.63, 3.8) is 0 Å². The zero-order valence-corrected chi connectivity index (χ0v) is 13.0. The van der Waals surface area contributed by atoms with Crippen LogP contribution >= 0.6 is 0 Å². The standard InChI is InChI=1S/C16H28N2O3/c19-16(14-3-1-4-14)18-7-2-6-17(9-10-18)8-5-15-13-20-11-12-21-15/h14-15H,1-13H2. The molecule has 0 aromatic carbocycles. The predicted octanol–water partition coefficient (Wildman–Crippen LogP) is 1.13. The van der Waals surface area contributed by atoms with Crippen molar-refractivity contribution in [3.05, 3.63) is 0 Å². The summed E-state index contributed by atoms with van der Waals surface area (Å²) in [6, 6.07) is 0. The second-order valence-electron chi connectivity index (χ2n) is 6.50. The molecule has 0 N–H and O–H groups in total. The van der Waals surface area contributed by atoms with Crippen LogP contribution in [0.25, 0.3) is 0 Å². The number of ether oxygens (including phenoxy) is 2. The molecule has 0 spiro atoms. The monoisotopic (exact) mass is 296 g/mol. The molecule has 1 saturated carbocycles. The molecule has 2 heterocycles. The van der Waals surface area contributed by atoms with Crippen LogP contribution in [-0.4, -0.2) is 74.4 Å². The fraction of sp³-hybridized carbons (Fsp3) is 0.938. The molecule has 0 bridgehead atoms. The van der Waals surface area contributed by atoms with Crippen molar-refractivity contribution in [1.29, 1.82) is 0 Å². The van der Waals surface area contributed by atoms with E-state index >= 15 is 0 Å². The molecular formula is C16H28N2O3. The van der Waals surface area contributed by atoms with E-state index in [1.807, 2.05) is 0 Å². The fourth-order valence-corrected chi connectivity index (χ4v) is 3.36.